The van der Waals surface area contributed by atoms with Crippen LogP contribution in [-0.2, 0) is 10.0 Å². The van der Waals surface area contributed by atoms with Crippen LogP contribution in [0.25, 0.3) is 0 Å². The van der Waals surface area contributed by atoms with Gasteiger partial charge in [0.05, 0.1) is 5.56 Å². The van der Waals surface area contributed by atoms with Gasteiger partial charge in [-0.1, -0.05) is 11.6 Å². The van der Waals surface area contributed by atoms with Crippen molar-refractivity contribution >= 4 is 27.6 Å². The Bertz CT molecular complexity index is 635. The highest BCUT2D eigenvalue weighted by atomic mass is 35.5. The first-order chi connectivity index (χ1) is 9.69. The van der Waals surface area contributed by atoms with Crippen molar-refractivity contribution < 1.29 is 27.8 Å². The molecule has 1 rings (SSSR count). The molecule has 0 aliphatic rings. The molecule has 0 bridgehead atoms. The van der Waals surface area contributed by atoms with Crippen molar-refractivity contribution in [3.63, 3.8) is 0 Å². The predicted octanol–water partition coefficient (Wildman–Crippen LogP) is 1.62. The molecule has 0 spiro atoms. The molecule has 0 saturated heterocycles. The van der Waals surface area contributed by atoms with E-state index in [1.807, 2.05) is 0 Å². The van der Waals surface area contributed by atoms with Gasteiger partial charge in [0.15, 0.2) is 5.82 Å². The Morgan fingerprint density at radius 3 is 2.62 bits per heavy atom. The van der Waals surface area contributed by atoms with Crippen LogP contribution in [0.15, 0.2) is 17.0 Å². The minimum atomic E-state index is -4.25. The van der Waals surface area contributed by atoms with Crippen molar-refractivity contribution in [2.75, 3.05) is 6.61 Å². The van der Waals surface area contributed by atoms with Gasteiger partial charge in [0.1, 0.15) is 4.90 Å². The number of carboxylic acids is 1. The van der Waals surface area contributed by atoms with Gasteiger partial charge in [0.2, 0.25) is 10.0 Å². The Morgan fingerprint density at radius 1 is 1.48 bits per heavy atom. The van der Waals surface area contributed by atoms with Crippen LogP contribution in [0, 0.1) is 5.82 Å². The highest BCUT2D eigenvalue weighted by Gasteiger charge is 2.26. The number of carbonyl (C=O) groups is 1. The van der Waals surface area contributed by atoms with Crippen molar-refractivity contribution in [1.29, 1.82) is 0 Å². The summed E-state index contributed by atoms with van der Waals surface area (Å²) in [6.07, 6.45) is 0.728. The molecule has 1 aromatic carbocycles. The van der Waals surface area contributed by atoms with Crippen LogP contribution in [0.4, 0.5) is 4.39 Å². The average molecular weight is 340 g/mol. The van der Waals surface area contributed by atoms with Crippen LogP contribution in [0.2, 0.25) is 5.02 Å². The van der Waals surface area contributed by atoms with Crippen LogP contribution in [0.1, 0.15) is 30.1 Å². The first-order valence-corrected chi connectivity index (χ1v) is 7.90. The summed E-state index contributed by atoms with van der Waals surface area (Å²) in [7, 11) is -4.25. The molecule has 6 nitrogen and oxygen atoms in total. The third kappa shape index (κ3) is 4.63. The lowest BCUT2D eigenvalue weighted by atomic mass is 10.2. The lowest BCUT2D eigenvalue weighted by molar-refractivity contribution is 0.0691. The second-order valence-corrected chi connectivity index (χ2v) is 6.58. The van der Waals surface area contributed by atoms with E-state index in [1.54, 1.807) is 6.92 Å². The number of carboxylic acid groups (broad SMARTS) is 1. The smallest absolute Gasteiger partial charge is 0.338 e. The molecular formula is C12H15ClFNO5S. The van der Waals surface area contributed by atoms with E-state index in [4.69, 9.17) is 21.8 Å². The molecule has 9 heteroatoms. The van der Waals surface area contributed by atoms with E-state index in [0.717, 1.165) is 12.1 Å². The van der Waals surface area contributed by atoms with Gasteiger partial charge in [0.25, 0.3) is 0 Å². The van der Waals surface area contributed by atoms with Gasteiger partial charge >= 0.3 is 5.97 Å². The molecule has 0 saturated carbocycles. The highest BCUT2D eigenvalue weighted by molar-refractivity contribution is 7.89. The number of aliphatic hydroxyl groups excluding tert-OH is 1. The summed E-state index contributed by atoms with van der Waals surface area (Å²) in [5.41, 5.74) is -0.814. The molecule has 0 aromatic heterocycles. The van der Waals surface area contributed by atoms with Gasteiger partial charge in [-0.25, -0.2) is 22.3 Å². The van der Waals surface area contributed by atoms with Gasteiger partial charge < -0.3 is 10.2 Å². The van der Waals surface area contributed by atoms with Crippen LogP contribution in [0.3, 0.4) is 0 Å². The van der Waals surface area contributed by atoms with Crippen LogP contribution < -0.4 is 4.72 Å². The Kier molecular flexibility index (Phi) is 6.09. The van der Waals surface area contributed by atoms with E-state index in [2.05, 4.69) is 4.72 Å². The molecule has 0 radical (unpaired) electrons. The Hall–Kier alpha value is -1.22. The molecule has 0 fully saturated rings. The Balaban J connectivity index is 3.17. The zero-order chi connectivity index (χ0) is 16.2. The minimum absolute atomic E-state index is 0.0965. The molecule has 21 heavy (non-hydrogen) atoms. The third-order valence-corrected chi connectivity index (χ3v) is 4.48. The molecular weight excluding hydrogens is 325 g/mol. The van der Waals surface area contributed by atoms with Gasteiger partial charge in [-0.15, -0.1) is 0 Å². The number of hydrogen-bond donors (Lipinski definition) is 3. The molecule has 1 aromatic rings. The predicted molar refractivity (Wildman–Crippen MR) is 74.5 cm³/mol. The standard InChI is InChI=1S/C12H15ClFNO5S/c1-7(3-2-4-16)15-21(19,20)10-6-8(13)5-9(11(10)14)12(17)18/h5-7,15-16H,2-4H2,1H3,(H,17,18). The number of halogens is 2. The summed E-state index contributed by atoms with van der Waals surface area (Å²) in [5.74, 6) is -2.98. The maximum absolute atomic E-state index is 14.0. The Morgan fingerprint density at radius 2 is 2.10 bits per heavy atom. The molecule has 0 aliphatic carbocycles. The molecule has 0 amide bonds. The summed E-state index contributed by atoms with van der Waals surface area (Å²) >= 11 is 5.64. The lowest BCUT2D eigenvalue weighted by Crippen LogP contribution is -2.33. The molecule has 118 valence electrons. The van der Waals surface area contributed by atoms with Crippen molar-refractivity contribution in [3.8, 4) is 0 Å². The number of aliphatic hydroxyl groups is 1. The van der Waals surface area contributed by atoms with E-state index < -0.39 is 38.3 Å². The summed E-state index contributed by atoms with van der Waals surface area (Å²) in [6, 6.07) is 1.14. The fourth-order valence-electron chi connectivity index (χ4n) is 1.70. The van der Waals surface area contributed by atoms with Gasteiger partial charge in [-0.3, -0.25) is 0 Å². The van der Waals surface area contributed by atoms with Gasteiger partial charge in [-0.2, -0.15) is 0 Å². The molecule has 1 unspecified atom stereocenters. The number of benzene rings is 1. The number of nitrogens with one attached hydrogen (secondary N) is 1. The number of rotatable bonds is 7. The normalized spacial score (nSPS) is 13.1. The minimum Gasteiger partial charge on any atom is -0.478 e. The van der Waals surface area contributed by atoms with E-state index in [9.17, 15) is 17.6 Å². The van der Waals surface area contributed by atoms with Crippen LogP contribution in [0.5, 0.6) is 0 Å². The summed E-state index contributed by atoms with van der Waals surface area (Å²) in [4.78, 5) is 10.1. The molecule has 1 atom stereocenters. The van der Waals surface area contributed by atoms with E-state index >= 15 is 0 Å². The second kappa shape index (κ2) is 7.17. The van der Waals surface area contributed by atoms with E-state index in [0.29, 0.717) is 12.8 Å². The lowest BCUT2D eigenvalue weighted by Gasteiger charge is -2.15. The summed E-state index contributed by atoms with van der Waals surface area (Å²) in [5, 5.41) is 17.3. The monoisotopic (exact) mass is 339 g/mol. The molecule has 0 aliphatic heterocycles. The second-order valence-electron chi connectivity index (χ2n) is 4.46. The zero-order valence-corrected chi connectivity index (χ0v) is 12.7. The van der Waals surface area contributed by atoms with Crippen LogP contribution >= 0.6 is 11.6 Å². The van der Waals surface area contributed by atoms with E-state index in [1.165, 1.54) is 0 Å². The first-order valence-electron chi connectivity index (χ1n) is 6.04. The molecule has 0 heterocycles. The largest absolute Gasteiger partial charge is 0.478 e. The third-order valence-electron chi connectivity index (χ3n) is 2.68. The topological polar surface area (TPSA) is 104 Å². The maximum atomic E-state index is 14.0. The van der Waals surface area contributed by atoms with Crippen LogP contribution in [-0.4, -0.2) is 37.2 Å². The van der Waals surface area contributed by atoms with Crippen molar-refractivity contribution in [2.45, 2.75) is 30.7 Å². The first kappa shape index (κ1) is 17.8. The van der Waals surface area contributed by atoms with Gasteiger partial charge in [0, 0.05) is 17.7 Å². The summed E-state index contributed by atoms with van der Waals surface area (Å²) < 4.78 is 40.4. The fourth-order valence-corrected chi connectivity index (χ4v) is 3.39. The average Bonchev–Trinajstić information content (AvgIpc) is 2.37. The number of hydrogen-bond acceptors (Lipinski definition) is 4. The quantitative estimate of drug-likeness (QED) is 0.700. The molecule has 3 N–H and O–H groups in total. The number of aromatic carboxylic acids is 1. The SMILES string of the molecule is CC(CCCO)NS(=O)(=O)c1cc(Cl)cc(C(=O)O)c1F. The number of sulfonamides is 1. The fraction of sp³-hybridized carbons (Fsp3) is 0.417. The zero-order valence-electron chi connectivity index (χ0n) is 11.1. The highest BCUT2D eigenvalue weighted by Crippen LogP contribution is 2.24. The van der Waals surface area contributed by atoms with Crippen molar-refractivity contribution in [2.24, 2.45) is 0 Å². The maximum Gasteiger partial charge on any atom is 0.338 e. The van der Waals surface area contributed by atoms with Crippen molar-refractivity contribution in [3.05, 3.63) is 28.5 Å². The van der Waals surface area contributed by atoms with E-state index in [-0.39, 0.29) is 11.6 Å². The summed E-state index contributed by atoms with van der Waals surface area (Å²) in [6.45, 7) is 1.45. The van der Waals surface area contributed by atoms with Crippen molar-refractivity contribution in [1.82, 2.24) is 4.72 Å². The van der Waals surface area contributed by atoms with Gasteiger partial charge in [-0.05, 0) is 31.9 Å². The Labute approximate surface area is 126 Å².